The largest absolute Gasteiger partial charge is 0.378 e. The smallest absolute Gasteiger partial charge is 0.254 e. The summed E-state index contributed by atoms with van der Waals surface area (Å²) in [6, 6.07) is 13.3. The molecule has 0 radical (unpaired) electrons. The molecule has 1 fully saturated rings. The molecule has 1 aliphatic heterocycles. The molecule has 0 spiro atoms. The van der Waals surface area contributed by atoms with Crippen molar-refractivity contribution in [2.24, 2.45) is 0 Å². The lowest BCUT2D eigenvalue weighted by Gasteiger charge is -2.26. The predicted molar refractivity (Wildman–Crippen MR) is 85.5 cm³/mol. The Kier molecular flexibility index (Phi) is 4.70. The molecule has 3 nitrogen and oxygen atoms in total. The lowest BCUT2D eigenvalue weighted by molar-refractivity contribution is 0.0303. The van der Waals surface area contributed by atoms with Crippen LogP contribution in [0.5, 0.6) is 0 Å². The third kappa shape index (κ3) is 3.97. The molecular formula is C19H16FNO2. The summed E-state index contributed by atoms with van der Waals surface area (Å²) < 4.78 is 18.3. The van der Waals surface area contributed by atoms with Crippen LogP contribution in [0.15, 0.2) is 48.5 Å². The van der Waals surface area contributed by atoms with Gasteiger partial charge < -0.3 is 9.64 Å². The summed E-state index contributed by atoms with van der Waals surface area (Å²) in [4.78, 5) is 14.1. The second-order valence-corrected chi connectivity index (χ2v) is 5.24. The Bertz CT molecular complexity index is 753. The first-order valence-corrected chi connectivity index (χ1v) is 7.47. The van der Waals surface area contributed by atoms with Crippen LogP contribution in [-0.2, 0) is 4.74 Å². The third-order valence-electron chi connectivity index (χ3n) is 3.61. The maximum atomic E-state index is 13.1. The Morgan fingerprint density at radius 1 is 1.00 bits per heavy atom. The monoisotopic (exact) mass is 309 g/mol. The number of benzene rings is 2. The lowest BCUT2D eigenvalue weighted by Crippen LogP contribution is -2.40. The Labute approximate surface area is 134 Å². The van der Waals surface area contributed by atoms with Gasteiger partial charge in [-0.3, -0.25) is 4.79 Å². The fourth-order valence-corrected chi connectivity index (χ4v) is 2.36. The van der Waals surface area contributed by atoms with Crippen LogP contribution in [0.3, 0.4) is 0 Å². The van der Waals surface area contributed by atoms with Gasteiger partial charge in [-0.25, -0.2) is 4.39 Å². The number of nitrogens with zero attached hydrogens (tertiary/aromatic N) is 1. The molecular weight excluding hydrogens is 293 g/mol. The SMILES string of the molecule is O=C(c1ccc(C#Cc2cccc(F)c2)cc1)N1CCOCC1. The molecule has 0 saturated carbocycles. The maximum Gasteiger partial charge on any atom is 0.254 e. The lowest BCUT2D eigenvalue weighted by atomic mass is 10.1. The van der Waals surface area contributed by atoms with Crippen molar-refractivity contribution in [3.05, 3.63) is 71.0 Å². The molecule has 0 atom stereocenters. The number of rotatable bonds is 1. The molecule has 2 aromatic carbocycles. The predicted octanol–water partition coefficient (Wildman–Crippen LogP) is 2.70. The minimum atomic E-state index is -0.303. The van der Waals surface area contributed by atoms with Crippen LogP contribution in [0.25, 0.3) is 0 Å². The van der Waals surface area contributed by atoms with Crippen molar-refractivity contribution in [3.63, 3.8) is 0 Å². The van der Waals surface area contributed by atoms with Crippen molar-refractivity contribution in [1.82, 2.24) is 4.90 Å². The van der Waals surface area contributed by atoms with Crippen LogP contribution in [-0.4, -0.2) is 37.1 Å². The van der Waals surface area contributed by atoms with Crippen LogP contribution in [0, 0.1) is 17.7 Å². The molecule has 2 aromatic rings. The highest BCUT2D eigenvalue weighted by atomic mass is 19.1. The van der Waals surface area contributed by atoms with E-state index in [1.165, 1.54) is 12.1 Å². The van der Waals surface area contributed by atoms with Crippen molar-refractivity contribution in [1.29, 1.82) is 0 Å². The van der Waals surface area contributed by atoms with E-state index in [0.29, 0.717) is 37.4 Å². The number of amides is 1. The molecule has 0 bridgehead atoms. The van der Waals surface area contributed by atoms with Gasteiger partial charge in [0.15, 0.2) is 0 Å². The fraction of sp³-hybridized carbons (Fsp3) is 0.211. The third-order valence-corrected chi connectivity index (χ3v) is 3.61. The van der Waals surface area contributed by atoms with E-state index < -0.39 is 0 Å². The molecule has 0 aliphatic carbocycles. The van der Waals surface area contributed by atoms with Crippen molar-refractivity contribution in [2.75, 3.05) is 26.3 Å². The molecule has 0 N–H and O–H groups in total. The van der Waals surface area contributed by atoms with Gasteiger partial charge in [0.2, 0.25) is 0 Å². The van der Waals surface area contributed by atoms with Gasteiger partial charge in [0.05, 0.1) is 13.2 Å². The van der Waals surface area contributed by atoms with Gasteiger partial charge in [-0.1, -0.05) is 17.9 Å². The number of morpholine rings is 1. The van der Waals surface area contributed by atoms with E-state index in [4.69, 9.17) is 4.74 Å². The zero-order valence-corrected chi connectivity index (χ0v) is 12.6. The highest BCUT2D eigenvalue weighted by Crippen LogP contribution is 2.09. The first-order chi connectivity index (χ1) is 11.2. The molecule has 3 rings (SSSR count). The highest BCUT2D eigenvalue weighted by molar-refractivity contribution is 5.94. The Morgan fingerprint density at radius 2 is 1.70 bits per heavy atom. The molecule has 116 valence electrons. The minimum Gasteiger partial charge on any atom is -0.378 e. The molecule has 0 aromatic heterocycles. The van der Waals surface area contributed by atoms with E-state index in [2.05, 4.69) is 11.8 Å². The molecule has 0 unspecified atom stereocenters. The van der Waals surface area contributed by atoms with Crippen LogP contribution in [0.1, 0.15) is 21.5 Å². The van der Waals surface area contributed by atoms with Gasteiger partial charge in [0.25, 0.3) is 5.91 Å². The number of halogens is 1. The first kappa shape index (κ1) is 15.3. The van der Waals surface area contributed by atoms with E-state index >= 15 is 0 Å². The first-order valence-electron chi connectivity index (χ1n) is 7.47. The maximum absolute atomic E-state index is 13.1. The average Bonchev–Trinajstić information content (AvgIpc) is 2.61. The number of hydrogen-bond donors (Lipinski definition) is 0. The van der Waals surface area contributed by atoms with Gasteiger partial charge in [0, 0.05) is 29.8 Å². The Hall–Kier alpha value is -2.64. The van der Waals surface area contributed by atoms with E-state index in [1.54, 1.807) is 41.3 Å². The quantitative estimate of drug-likeness (QED) is 0.758. The average molecular weight is 309 g/mol. The summed E-state index contributed by atoms with van der Waals surface area (Å²) in [6.45, 7) is 2.42. The molecule has 1 heterocycles. The Morgan fingerprint density at radius 3 is 2.39 bits per heavy atom. The second kappa shape index (κ2) is 7.08. The molecule has 1 aliphatic rings. The van der Waals surface area contributed by atoms with E-state index in [-0.39, 0.29) is 11.7 Å². The zero-order valence-electron chi connectivity index (χ0n) is 12.6. The normalized spacial score (nSPS) is 14.0. The van der Waals surface area contributed by atoms with Crippen LogP contribution < -0.4 is 0 Å². The van der Waals surface area contributed by atoms with Gasteiger partial charge in [-0.2, -0.15) is 0 Å². The molecule has 23 heavy (non-hydrogen) atoms. The summed E-state index contributed by atoms with van der Waals surface area (Å²) >= 11 is 0. The van der Waals surface area contributed by atoms with Crippen molar-refractivity contribution >= 4 is 5.91 Å². The van der Waals surface area contributed by atoms with Crippen molar-refractivity contribution < 1.29 is 13.9 Å². The van der Waals surface area contributed by atoms with E-state index in [9.17, 15) is 9.18 Å². The van der Waals surface area contributed by atoms with Crippen LogP contribution in [0.2, 0.25) is 0 Å². The van der Waals surface area contributed by atoms with Gasteiger partial charge >= 0.3 is 0 Å². The highest BCUT2D eigenvalue weighted by Gasteiger charge is 2.17. The molecule has 1 saturated heterocycles. The molecule has 1 amide bonds. The number of ether oxygens (including phenoxy) is 1. The van der Waals surface area contributed by atoms with Crippen molar-refractivity contribution in [2.45, 2.75) is 0 Å². The fourth-order valence-electron chi connectivity index (χ4n) is 2.36. The zero-order chi connectivity index (χ0) is 16.1. The Balaban J connectivity index is 1.71. The van der Waals surface area contributed by atoms with Crippen LogP contribution >= 0.6 is 0 Å². The number of carbonyl (C=O) groups excluding carboxylic acids is 1. The van der Waals surface area contributed by atoms with Gasteiger partial charge in [0.1, 0.15) is 5.82 Å². The topological polar surface area (TPSA) is 29.5 Å². The van der Waals surface area contributed by atoms with Gasteiger partial charge in [-0.15, -0.1) is 0 Å². The minimum absolute atomic E-state index is 0.0120. The standard InChI is InChI=1S/C19H16FNO2/c20-18-3-1-2-16(14-18)5-4-15-6-8-17(9-7-15)19(22)21-10-12-23-13-11-21/h1-3,6-9,14H,10-13H2. The van der Waals surface area contributed by atoms with E-state index in [1.807, 2.05) is 0 Å². The summed E-state index contributed by atoms with van der Waals surface area (Å²) in [5.74, 6) is 5.59. The van der Waals surface area contributed by atoms with Crippen molar-refractivity contribution in [3.8, 4) is 11.8 Å². The summed E-state index contributed by atoms with van der Waals surface area (Å²) in [6.07, 6.45) is 0. The summed E-state index contributed by atoms with van der Waals surface area (Å²) in [5, 5.41) is 0. The summed E-state index contributed by atoms with van der Waals surface area (Å²) in [5.41, 5.74) is 2.05. The van der Waals surface area contributed by atoms with Gasteiger partial charge in [-0.05, 0) is 42.5 Å². The number of hydrogen-bond acceptors (Lipinski definition) is 2. The van der Waals surface area contributed by atoms with Crippen LogP contribution in [0.4, 0.5) is 4.39 Å². The number of carbonyl (C=O) groups is 1. The molecule has 4 heteroatoms. The summed E-state index contributed by atoms with van der Waals surface area (Å²) in [7, 11) is 0. The van der Waals surface area contributed by atoms with E-state index in [0.717, 1.165) is 5.56 Å². The second-order valence-electron chi connectivity index (χ2n) is 5.24.